The molecule has 1 aliphatic heterocycles. The van der Waals surface area contributed by atoms with Crippen LogP contribution in [0.3, 0.4) is 0 Å². The van der Waals surface area contributed by atoms with Crippen LogP contribution in [0.1, 0.15) is 48.2 Å². The lowest BCUT2D eigenvalue weighted by Gasteiger charge is -2.35. The van der Waals surface area contributed by atoms with Crippen molar-refractivity contribution in [1.29, 1.82) is 0 Å². The van der Waals surface area contributed by atoms with Gasteiger partial charge in [-0.1, -0.05) is 26.0 Å². The molecule has 1 aromatic rings. The standard InChI is InChI=1S/C18H28N2O6Si2/c1-18(2,17(25-27)26-28)12-6-4-5-10-11(12)9-20(16(10)23)13(15(19)22)7-8-14(21)24-3/h4-6,13,17H,7-9H2,1-3,27-28H3,(H2,19,22). The highest BCUT2D eigenvalue weighted by Gasteiger charge is 2.41. The second kappa shape index (κ2) is 8.99. The zero-order valence-electron chi connectivity index (χ0n) is 17.0. The molecule has 1 atom stereocenters. The van der Waals surface area contributed by atoms with Gasteiger partial charge in [-0.05, 0) is 23.6 Å². The topological polar surface area (TPSA) is 108 Å². The fraction of sp³-hybridized carbons (Fsp3) is 0.500. The molecular formula is C18H28N2O6Si2. The summed E-state index contributed by atoms with van der Waals surface area (Å²) in [7, 11) is 2.33. The Kier molecular flexibility index (Phi) is 7.15. The van der Waals surface area contributed by atoms with Crippen LogP contribution in [0.4, 0.5) is 0 Å². The van der Waals surface area contributed by atoms with E-state index in [2.05, 4.69) is 4.74 Å². The van der Waals surface area contributed by atoms with Crippen LogP contribution in [0, 0.1) is 0 Å². The number of carbonyl (C=O) groups excluding carboxylic acids is 3. The Morgan fingerprint density at radius 2 is 1.93 bits per heavy atom. The highest BCUT2D eigenvalue weighted by atomic mass is 28.2. The van der Waals surface area contributed by atoms with Crippen molar-refractivity contribution in [1.82, 2.24) is 4.90 Å². The van der Waals surface area contributed by atoms with Gasteiger partial charge in [-0.15, -0.1) is 0 Å². The number of esters is 1. The predicted molar refractivity (Wildman–Crippen MR) is 109 cm³/mol. The minimum Gasteiger partial charge on any atom is -0.469 e. The lowest BCUT2D eigenvalue weighted by Crippen LogP contribution is -2.45. The first-order chi connectivity index (χ1) is 13.2. The number of nitrogens with two attached hydrogens (primary N) is 1. The predicted octanol–water partition coefficient (Wildman–Crippen LogP) is -1.35. The molecule has 1 aliphatic rings. The van der Waals surface area contributed by atoms with E-state index in [-0.39, 0.29) is 25.3 Å². The number of carbonyl (C=O) groups is 3. The van der Waals surface area contributed by atoms with Crippen molar-refractivity contribution >= 4 is 38.8 Å². The molecule has 154 valence electrons. The molecule has 10 heteroatoms. The molecular weight excluding hydrogens is 396 g/mol. The molecule has 2 N–H and O–H groups in total. The van der Waals surface area contributed by atoms with Gasteiger partial charge >= 0.3 is 5.97 Å². The minimum absolute atomic E-state index is 0.00720. The molecule has 8 nitrogen and oxygen atoms in total. The third-order valence-electron chi connectivity index (χ3n) is 5.26. The van der Waals surface area contributed by atoms with Crippen LogP contribution in [0.2, 0.25) is 0 Å². The zero-order valence-corrected chi connectivity index (χ0v) is 21.0. The third-order valence-corrected chi connectivity index (χ3v) is 6.12. The van der Waals surface area contributed by atoms with Crippen molar-refractivity contribution in [3.63, 3.8) is 0 Å². The summed E-state index contributed by atoms with van der Waals surface area (Å²) in [6.45, 7) is 4.27. The van der Waals surface area contributed by atoms with E-state index in [0.717, 1.165) is 11.1 Å². The number of amides is 2. The Morgan fingerprint density at radius 3 is 2.46 bits per heavy atom. The smallest absolute Gasteiger partial charge is 0.305 e. The van der Waals surface area contributed by atoms with Crippen LogP contribution < -0.4 is 5.73 Å². The molecule has 1 heterocycles. The van der Waals surface area contributed by atoms with Crippen molar-refractivity contribution in [2.45, 2.75) is 51.0 Å². The Bertz CT molecular complexity index is 766. The molecule has 0 radical (unpaired) electrons. The summed E-state index contributed by atoms with van der Waals surface area (Å²) >= 11 is 0. The summed E-state index contributed by atoms with van der Waals surface area (Å²) in [5.41, 5.74) is 7.38. The molecule has 1 aromatic carbocycles. The summed E-state index contributed by atoms with van der Waals surface area (Å²) in [6.07, 6.45) is -0.267. The van der Waals surface area contributed by atoms with Gasteiger partial charge in [-0.2, -0.15) is 0 Å². The van der Waals surface area contributed by atoms with Crippen LogP contribution in [-0.2, 0) is 35.1 Å². The quantitative estimate of drug-likeness (QED) is 0.298. The highest BCUT2D eigenvalue weighted by molar-refractivity contribution is 6.02. The van der Waals surface area contributed by atoms with Gasteiger partial charge in [0.25, 0.3) is 5.91 Å². The molecule has 0 aliphatic carbocycles. The first-order valence-electron chi connectivity index (χ1n) is 9.04. The van der Waals surface area contributed by atoms with Crippen LogP contribution in [0.25, 0.3) is 0 Å². The van der Waals surface area contributed by atoms with Crippen LogP contribution in [0.15, 0.2) is 18.2 Å². The SMILES string of the molecule is COC(=O)CCC(C(N)=O)N1Cc2c(cccc2C(C)(C)C(O[SiH3])O[SiH3])C1=O. The van der Waals surface area contributed by atoms with E-state index >= 15 is 0 Å². The van der Waals surface area contributed by atoms with Gasteiger partial charge in [-0.25, -0.2) is 0 Å². The van der Waals surface area contributed by atoms with E-state index in [1.54, 1.807) is 6.07 Å². The molecule has 28 heavy (non-hydrogen) atoms. The summed E-state index contributed by atoms with van der Waals surface area (Å²) in [5.74, 6) is -1.36. The van der Waals surface area contributed by atoms with Crippen molar-refractivity contribution < 1.29 is 28.0 Å². The van der Waals surface area contributed by atoms with E-state index in [0.29, 0.717) is 26.5 Å². The lowest BCUT2D eigenvalue weighted by atomic mass is 9.80. The Morgan fingerprint density at radius 1 is 1.29 bits per heavy atom. The monoisotopic (exact) mass is 424 g/mol. The Labute approximate surface area is 170 Å². The maximum atomic E-state index is 13.0. The van der Waals surface area contributed by atoms with Crippen LogP contribution in [0.5, 0.6) is 0 Å². The number of fused-ring (bicyclic) bond motifs is 1. The largest absolute Gasteiger partial charge is 0.469 e. The van der Waals surface area contributed by atoms with Gasteiger partial charge in [0.2, 0.25) is 5.91 Å². The van der Waals surface area contributed by atoms with Crippen molar-refractivity contribution in [2.24, 2.45) is 5.73 Å². The molecule has 0 aromatic heterocycles. The van der Waals surface area contributed by atoms with E-state index in [1.165, 1.54) is 12.0 Å². The van der Waals surface area contributed by atoms with E-state index in [9.17, 15) is 14.4 Å². The van der Waals surface area contributed by atoms with Crippen LogP contribution >= 0.6 is 0 Å². The van der Waals surface area contributed by atoms with E-state index < -0.39 is 29.6 Å². The van der Waals surface area contributed by atoms with Gasteiger partial charge < -0.3 is 24.2 Å². The lowest BCUT2D eigenvalue weighted by molar-refractivity contribution is -0.141. The van der Waals surface area contributed by atoms with E-state index in [4.69, 9.17) is 14.6 Å². The molecule has 2 rings (SSSR count). The maximum Gasteiger partial charge on any atom is 0.305 e. The normalized spacial score (nSPS) is 16.1. The van der Waals surface area contributed by atoms with Crippen molar-refractivity contribution in [3.05, 3.63) is 34.9 Å². The molecule has 0 saturated heterocycles. The van der Waals surface area contributed by atoms with Gasteiger partial charge in [-0.3, -0.25) is 14.4 Å². The third kappa shape index (κ3) is 4.19. The Hall–Kier alpha value is -2.02. The van der Waals surface area contributed by atoms with Gasteiger partial charge in [0.05, 0.1) is 7.11 Å². The first kappa shape index (κ1) is 22.3. The minimum atomic E-state index is -0.879. The maximum absolute atomic E-state index is 13.0. The highest BCUT2D eigenvalue weighted by Crippen LogP contribution is 2.37. The summed E-state index contributed by atoms with van der Waals surface area (Å²) in [4.78, 5) is 37.9. The van der Waals surface area contributed by atoms with Crippen molar-refractivity contribution in [3.8, 4) is 0 Å². The van der Waals surface area contributed by atoms with Crippen molar-refractivity contribution in [2.75, 3.05) is 7.11 Å². The van der Waals surface area contributed by atoms with Gasteiger partial charge in [0.1, 0.15) is 33.3 Å². The summed E-state index contributed by atoms with van der Waals surface area (Å²) in [5, 5.41) is 0. The molecule has 0 bridgehead atoms. The average Bonchev–Trinajstić information content (AvgIpc) is 2.98. The summed E-state index contributed by atoms with van der Waals surface area (Å²) in [6, 6.07) is 4.64. The van der Waals surface area contributed by atoms with Gasteiger partial charge in [0.15, 0.2) is 0 Å². The second-order valence-electron chi connectivity index (χ2n) is 7.32. The first-order valence-corrected chi connectivity index (χ1v) is 10.7. The molecule has 0 spiro atoms. The molecule has 2 amide bonds. The molecule has 1 unspecified atom stereocenters. The number of ether oxygens (including phenoxy) is 1. The number of rotatable bonds is 9. The second-order valence-corrected chi connectivity index (χ2v) is 8.27. The van der Waals surface area contributed by atoms with Crippen LogP contribution in [-0.4, -0.2) is 63.1 Å². The zero-order chi connectivity index (χ0) is 21.1. The Balaban J connectivity index is 2.38. The molecule has 0 fully saturated rings. The number of primary amides is 1. The fourth-order valence-electron chi connectivity index (χ4n) is 3.83. The average molecular weight is 425 g/mol. The number of nitrogens with zero attached hydrogens (tertiary/aromatic N) is 1. The number of methoxy groups -OCH3 is 1. The summed E-state index contributed by atoms with van der Waals surface area (Å²) < 4.78 is 15.9. The fourth-order valence-corrected chi connectivity index (χ4v) is 5.78. The molecule has 0 saturated carbocycles. The van der Waals surface area contributed by atoms with Gasteiger partial charge in [0, 0.05) is 23.9 Å². The number of benzene rings is 1. The van der Waals surface area contributed by atoms with E-state index in [1.807, 2.05) is 26.0 Å². The number of hydrogen-bond donors (Lipinski definition) is 1. The number of hydrogen-bond acceptors (Lipinski definition) is 6.